The van der Waals surface area contributed by atoms with Crippen molar-refractivity contribution in [3.63, 3.8) is 0 Å². The van der Waals surface area contributed by atoms with Crippen LogP contribution >= 0.6 is 12.2 Å². The Morgan fingerprint density at radius 1 is 1.14 bits per heavy atom. The molecule has 0 spiro atoms. The highest BCUT2D eigenvalue weighted by Crippen LogP contribution is 2.13. The summed E-state index contributed by atoms with van der Waals surface area (Å²) in [5, 5.41) is 7.93. The second-order valence-electron chi connectivity index (χ2n) is 5.10. The first kappa shape index (κ1) is 15.3. The zero-order chi connectivity index (χ0) is 15.4. The Morgan fingerprint density at radius 3 is 2.38 bits per heavy atom. The van der Waals surface area contributed by atoms with Gasteiger partial charge in [0.15, 0.2) is 5.11 Å². The maximum Gasteiger partial charge on any atom is 0.191 e. The summed E-state index contributed by atoms with van der Waals surface area (Å²) < 4.78 is 0. The van der Waals surface area contributed by atoms with Gasteiger partial charge in [-0.25, -0.2) is 0 Å². The molecule has 4 nitrogen and oxygen atoms in total. The first-order valence-corrected chi connectivity index (χ1v) is 7.21. The number of aromatic amines is 1. The molecule has 0 radical (unpaired) electrons. The van der Waals surface area contributed by atoms with E-state index in [0.29, 0.717) is 5.11 Å². The summed E-state index contributed by atoms with van der Waals surface area (Å²) in [7, 11) is 0. The van der Waals surface area contributed by atoms with Crippen molar-refractivity contribution in [1.29, 1.82) is 0 Å². The number of thiocarbonyl (C=S) groups is 1. The third-order valence-electron chi connectivity index (χ3n) is 3.27. The highest BCUT2D eigenvalue weighted by Gasteiger charge is 2.07. The molecule has 0 unspecified atom stereocenters. The Kier molecular flexibility index (Phi) is 4.75. The van der Waals surface area contributed by atoms with E-state index < -0.39 is 0 Å². The van der Waals surface area contributed by atoms with Crippen LogP contribution in [0, 0.1) is 20.8 Å². The van der Waals surface area contributed by atoms with E-state index in [9.17, 15) is 0 Å². The molecule has 0 aliphatic heterocycles. The van der Waals surface area contributed by atoms with Crippen LogP contribution in [-0.4, -0.2) is 15.8 Å². The largest absolute Gasteiger partial charge is 0.364 e. The van der Waals surface area contributed by atoms with Crippen LogP contribution in [0.2, 0.25) is 0 Å². The molecule has 0 aliphatic rings. The third-order valence-corrected chi connectivity index (χ3v) is 3.46. The molecule has 3 N–H and O–H groups in total. The highest BCUT2D eigenvalue weighted by atomic mass is 32.1. The fourth-order valence-electron chi connectivity index (χ4n) is 2.20. The van der Waals surface area contributed by atoms with Crippen LogP contribution in [0.1, 0.15) is 29.3 Å². The number of rotatable bonds is 3. The van der Waals surface area contributed by atoms with Gasteiger partial charge in [-0.2, -0.15) is 5.10 Å². The molecule has 0 saturated heterocycles. The van der Waals surface area contributed by atoms with Crippen LogP contribution in [0.5, 0.6) is 0 Å². The molecule has 5 heteroatoms. The number of H-pyrrole nitrogens is 1. The van der Waals surface area contributed by atoms with Gasteiger partial charge < -0.3 is 10.3 Å². The molecule has 21 heavy (non-hydrogen) atoms. The second kappa shape index (κ2) is 6.54. The standard InChI is InChI=1S/C16H20N4S/c1-10-5-7-14(8-6-10)18-16(21)20-19-13(4)15-11(2)9-17-12(15)3/h5-9,17H,1-4H3,(H2,18,20,21)/b19-13+. The van der Waals surface area contributed by atoms with Crippen LogP contribution in [0.15, 0.2) is 35.6 Å². The van der Waals surface area contributed by atoms with Crippen molar-refractivity contribution in [2.45, 2.75) is 27.7 Å². The molecule has 0 amide bonds. The maximum absolute atomic E-state index is 5.25. The van der Waals surface area contributed by atoms with Crippen LogP contribution in [-0.2, 0) is 0 Å². The minimum atomic E-state index is 0.476. The molecule has 110 valence electrons. The van der Waals surface area contributed by atoms with Gasteiger partial charge in [0.05, 0.1) is 5.71 Å². The molecule has 0 aliphatic carbocycles. The van der Waals surface area contributed by atoms with E-state index in [2.05, 4.69) is 34.7 Å². The molecule has 0 atom stereocenters. The number of hydrogen-bond acceptors (Lipinski definition) is 2. The van der Waals surface area contributed by atoms with Crippen molar-refractivity contribution in [3.05, 3.63) is 52.8 Å². The lowest BCUT2D eigenvalue weighted by Crippen LogP contribution is -2.25. The van der Waals surface area contributed by atoms with Gasteiger partial charge >= 0.3 is 0 Å². The fraction of sp³-hybridized carbons (Fsp3) is 0.250. The van der Waals surface area contributed by atoms with Crippen molar-refractivity contribution in [3.8, 4) is 0 Å². The molecule has 0 fully saturated rings. The normalized spacial score (nSPS) is 11.3. The molecular weight excluding hydrogens is 280 g/mol. The predicted octanol–water partition coefficient (Wildman–Crippen LogP) is 3.65. The summed E-state index contributed by atoms with van der Waals surface area (Å²) in [6.07, 6.45) is 1.98. The minimum Gasteiger partial charge on any atom is -0.364 e. The van der Waals surface area contributed by atoms with Gasteiger partial charge in [-0.1, -0.05) is 17.7 Å². The van der Waals surface area contributed by atoms with Crippen LogP contribution in [0.4, 0.5) is 5.69 Å². The van der Waals surface area contributed by atoms with Gasteiger partial charge in [0.25, 0.3) is 0 Å². The Hall–Kier alpha value is -2.14. The summed E-state index contributed by atoms with van der Waals surface area (Å²) in [6.45, 7) is 8.10. The number of anilines is 1. The summed E-state index contributed by atoms with van der Waals surface area (Å²) in [4.78, 5) is 3.19. The van der Waals surface area contributed by atoms with Crippen LogP contribution in [0.25, 0.3) is 0 Å². The molecule has 1 aromatic carbocycles. The molecule has 1 aromatic heterocycles. The van der Waals surface area contributed by atoms with Crippen molar-refractivity contribution in [2.24, 2.45) is 5.10 Å². The molecule has 0 bridgehead atoms. The third kappa shape index (κ3) is 3.92. The lowest BCUT2D eigenvalue weighted by atomic mass is 10.1. The Bertz CT molecular complexity index is 649. The van der Waals surface area contributed by atoms with E-state index in [0.717, 1.165) is 22.7 Å². The van der Waals surface area contributed by atoms with Gasteiger partial charge in [-0.15, -0.1) is 0 Å². The van der Waals surface area contributed by atoms with Crippen molar-refractivity contribution < 1.29 is 0 Å². The van der Waals surface area contributed by atoms with Crippen molar-refractivity contribution in [1.82, 2.24) is 10.4 Å². The number of nitrogens with one attached hydrogen (secondary N) is 3. The van der Waals surface area contributed by atoms with Gasteiger partial charge in [0.1, 0.15) is 0 Å². The Balaban J connectivity index is 2.00. The Morgan fingerprint density at radius 2 is 1.81 bits per heavy atom. The SMILES string of the molecule is C/C(=N\NC(=S)Nc1ccc(C)cc1)c1c(C)c[nH]c1C. The van der Waals surface area contributed by atoms with E-state index in [-0.39, 0.29) is 0 Å². The first-order valence-electron chi connectivity index (χ1n) is 6.80. The van der Waals surface area contributed by atoms with Gasteiger partial charge in [-0.05, 0) is 57.6 Å². The zero-order valence-corrected chi connectivity index (χ0v) is 13.6. The molecule has 2 rings (SSSR count). The first-order chi connectivity index (χ1) is 9.97. The van der Waals surface area contributed by atoms with E-state index in [1.807, 2.05) is 44.3 Å². The number of nitrogens with zero attached hydrogens (tertiary/aromatic N) is 1. The number of hydrogen-bond donors (Lipinski definition) is 3. The number of aromatic nitrogens is 1. The molecular formula is C16H20N4S. The monoisotopic (exact) mass is 300 g/mol. The summed E-state index contributed by atoms with van der Waals surface area (Å²) >= 11 is 5.25. The van der Waals surface area contributed by atoms with E-state index in [4.69, 9.17) is 12.2 Å². The Labute approximate surface area is 130 Å². The highest BCUT2D eigenvalue weighted by molar-refractivity contribution is 7.80. The van der Waals surface area contributed by atoms with Gasteiger partial charge in [0, 0.05) is 23.1 Å². The number of hydrazone groups is 1. The average Bonchev–Trinajstić information content (AvgIpc) is 2.78. The van der Waals surface area contributed by atoms with Crippen molar-refractivity contribution in [2.75, 3.05) is 5.32 Å². The quantitative estimate of drug-likeness (QED) is 0.461. The second-order valence-corrected chi connectivity index (χ2v) is 5.51. The van der Waals surface area contributed by atoms with Crippen molar-refractivity contribution >= 4 is 28.7 Å². The van der Waals surface area contributed by atoms with Crippen LogP contribution < -0.4 is 10.7 Å². The number of benzene rings is 1. The van der Waals surface area contributed by atoms with Crippen LogP contribution in [0.3, 0.4) is 0 Å². The lowest BCUT2D eigenvalue weighted by molar-refractivity contribution is 1.04. The maximum atomic E-state index is 5.25. The molecule has 1 heterocycles. The topological polar surface area (TPSA) is 52.2 Å². The van der Waals surface area contributed by atoms with E-state index >= 15 is 0 Å². The predicted molar refractivity (Wildman–Crippen MR) is 93.0 cm³/mol. The summed E-state index contributed by atoms with van der Waals surface area (Å²) in [6, 6.07) is 8.04. The minimum absolute atomic E-state index is 0.476. The van der Waals surface area contributed by atoms with E-state index in [1.54, 1.807) is 0 Å². The number of aryl methyl sites for hydroxylation is 3. The average molecular weight is 300 g/mol. The fourth-order valence-corrected chi connectivity index (χ4v) is 2.36. The molecule has 2 aromatic rings. The van der Waals surface area contributed by atoms with Gasteiger partial charge in [-0.3, -0.25) is 5.43 Å². The summed E-state index contributed by atoms with van der Waals surface area (Å²) in [5.74, 6) is 0. The summed E-state index contributed by atoms with van der Waals surface area (Å²) in [5.41, 5.74) is 9.35. The lowest BCUT2D eigenvalue weighted by Gasteiger charge is -2.08. The van der Waals surface area contributed by atoms with Gasteiger partial charge in [0.2, 0.25) is 0 Å². The van der Waals surface area contributed by atoms with E-state index in [1.165, 1.54) is 11.1 Å². The smallest absolute Gasteiger partial charge is 0.191 e. The molecule has 0 saturated carbocycles. The zero-order valence-electron chi connectivity index (χ0n) is 12.7.